The third kappa shape index (κ3) is 3.33. The third-order valence-electron chi connectivity index (χ3n) is 5.36. The molecule has 2 aromatic carbocycles. The number of pyridine rings is 1. The number of halogens is 3. The first-order chi connectivity index (χ1) is 16.2. The second kappa shape index (κ2) is 7.58. The van der Waals surface area contributed by atoms with E-state index in [0.717, 1.165) is 17.0 Å². The number of fused-ring (bicyclic) bond motifs is 3. The van der Waals surface area contributed by atoms with Gasteiger partial charge in [0.1, 0.15) is 11.5 Å². The Morgan fingerprint density at radius 3 is 2.35 bits per heavy atom. The monoisotopic (exact) mass is 468 g/mol. The summed E-state index contributed by atoms with van der Waals surface area (Å²) < 4.78 is 48.0. The number of methoxy groups -OCH3 is 1. The highest BCUT2D eigenvalue weighted by atomic mass is 19.4. The van der Waals surface area contributed by atoms with Gasteiger partial charge < -0.3 is 9.47 Å². The predicted octanol–water partition coefficient (Wildman–Crippen LogP) is 4.44. The summed E-state index contributed by atoms with van der Waals surface area (Å²) in [7, 11) is 1.44. The molecule has 1 aliphatic rings. The average Bonchev–Trinajstić information content (AvgIpc) is 3.27. The van der Waals surface area contributed by atoms with Crippen LogP contribution in [0.1, 0.15) is 26.4 Å². The number of hydrogen-bond donors (Lipinski definition) is 0. The SMILES string of the molecule is COc1ccccc1N1C(=O)c2cnc3c(c(C)nn3-c3ccc(OC(F)(F)F)cc3)c2C1=O. The number of aromatic nitrogens is 3. The highest BCUT2D eigenvalue weighted by Crippen LogP contribution is 2.38. The van der Waals surface area contributed by atoms with Gasteiger partial charge in [-0.3, -0.25) is 9.59 Å². The van der Waals surface area contributed by atoms with E-state index in [1.165, 1.54) is 30.1 Å². The van der Waals surface area contributed by atoms with Gasteiger partial charge in [0.15, 0.2) is 5.65 Å². The summed E-state index contributed by atoms with van der Waals surface area (Å²) >= 11 is 0. The largest absolute Gasteiger partial charge is 0.573 e. The van der Waals surface area contributed by atoms with Gasteiger partial charge in [-0.15, -0.1) is 13.2 Å². The summed E-state index contributed by atoms with van der Waals surface area (Å²) in [6.45, 7) is 1.66. The molecule has 0 fully saturated rings. The smallest absolute Gasteiger partial charge is 0.495 e. The van der Waals surface area contributed by atoms with E-state index in [9.17, 15) is 22.8 Å². The summed E-state index contributed by atoms with van der Waals surface area (Å²) in [6, 6.07) is 11.7. The fraction of sp³-hybridized carbons (Fsp3) is 0.130. The zero-order chi connectivity index (χ0) is 24.2. The van der Waals surface area contributed by atoms with E-state index in [2.05, 4.69) is 14.8 Å². The van der Waals surface area contributed by atoms with Crippen molar-refractivity contribution in [3.8, 4) is 17.2 Å². The molecule has 8 nitrogen and oxygen atoms in total. The van der Waals surface area contributed by atoms with E-state index in [4.69, 9.17) is 4.74 Å². The fourth-order valence-corrected chi connectivity index (χ4v) is 3.96. The maximum atomic E-state index is 13.4. The molecule has 5 rings (SSSR count). The zero-order valence-electron chi connectivity index (χ0n) is 17.8. The molecule has 34 heavy (non-hydrogen) atoms. The molecule has 3 heterocycles. The van der Waals surface area contributed by atoms with Crippen LogP contribution in [0.2, 0.25) is 0 Å². The maximum absolute atomic E-state index is 13.4. The summed E-state index contributed by atoms with van der Waals surface area (Å²) in [6.07, 6.45) is -3.51. The lowest BCUT2D eigenvalue weighted by Gasteiger charge is -2.16. The molecule has 0 atom stereocenters. The summed E-state index contributed by atoms with van der Waals surface area (Å²) in [4.78, 5) is 31.9. The van der Waals surface area contributed by atoms with E-state index >= 15 is 0 Å². The maximum Gasteiger partial charge on any atom is 0.573 e. The van der Waals surface area contributed by atoms with Crippen LogP contribution in [0, 0.1) is 6.92 Å². The number of alkyl halides is 3. The summed E-state index contributed by atoms with van der Waals surface area (Å²) in [5.74, 6) is -1.12. The number of nitrogens with zero attached hydrogens (tertiary/aromatic N) is 4. The molecular formula is C23H15F3N4O4. The van der Waals surface area contributed by atoms with Crippen LogP contribution < -0.4 is 14.4 Å². The second-order valence-corrected chi connectivity index (χ2v) is 7.40. The van der Waals surface area contributed by atoms with Crippen LogP contribution in [0.3, 0.4) is 0 Å². The Kier molecular flexibility index (Phi) is 4.78. The molecule has 4 aromatic rings. The number of benzene rings is 2. The van der Waals surface area contributed by atoms with Crippen molar-refractivity contribution in [1.29, 1.82) is 0 Å². The Morgan fingerprint density at radius 1 is 0.971 bits per heavy atom. The Labute approximate surface area is 190 Å². The number of amides is 2. The van der Waals surface area contributed by atoms with Crippen molar-refractivity contribution in [3.05, 3.63) is 71.5 Å². The standard InChI is InChI=1S/C23H15F3N4O4/c1-12-18-19-15(21(31)29(22(19)32)16-5-3-4-6-17(16)33-2)11-27-20(18)30(28-12)13-7-9-14(10-8-13)34-23(24,25)26/h3-11H,1-2H3. The Morgan fingerprint density at radius 2 is 1.68 bits per heavy atom. The lowest BCUT2D eigenvalue weighted by molar-refractivity contribution is -0.274. The Balaban J connectivity index is 1.61. The lowest BCUT2D eigenvalue weighted by atomic mass is 10.1. The van der Waals surface area contributed by atoms with Gasteiger partial charge >= 0.3 is 6.36 Å². The summed E-state index contributed by atoms with van der Waals surface area (Å²) in [5, 5.41) is 4.80. The molecule has 0 saturated heterocycles. The minimum absolute atomic E-state index is 0.125. The van der Waals surface area contributed by atoms with E-state index in [1.807, 2.05) is 0 Å². The van der Waals surface area contributed by atoms with Crippen molar-refractivity contribution in [2.24, 2.45) is 0 Å². The Bertz CT molecular complexity index is 1460. The van der Waals surface area contributed by atoms with Crippen LogP contribution >= 0.6 is 0 Å². The molecule has 11 heteroatoms. The Hall–Kier alpha value is -4.41. The second-order valence-electron chi connectivity index (χ2n) is 7.40. The molecular weight excluding hydrogens is 453 g/mol. The van der Waals surface area contributed by atoms with Crippen molar-refractivity contribution >= 4 is 28.5 Å². The van der Waals surface area contributed by atoms with Gasteiger partial charge in [-0.05, 0) is 43.3 Å². The van der Waals surface area contributed by atoms with Gasteiger partial charge in [0, 0.05) is 6.20 Å². The molecule has 0 aliphatic carbocycles. The number of hydrogen-bond acceptors (Lipinski definition) is 6. The number of ether oxygens (including phenoxy) is 2. The normalized spacial score (nSPS) is 13.5. The topological polar surface area (TPSA) is 86.6 Å². The molecule has 0 spiro atoms. The van der Waals surface area contributed by atoms with Crippen molar-refractivity contribution in [2.45, 2.75) is 13.3 Å². The van der Waals surface area contributed by atoms with E-state index < -0.39 is 18.2 Å². The van der Waals surface area contributed by atoms with Gasteiger partial charge in [-0.25, -0.2) is 14.6 Å². The minimum atomic E-state index is -4.81. The van der Waals surface area contributed by atoms with Gasteiger partial charge in [0.05, 0.1) is 40.7 Å². The molecule has 0 bridgehead atoms. The van der Waals surface area contributed by atoms with Crippen LogP contribution in [0.25, 0.3) is 16.7 Å². The van der Waals surface area contributed by atoms with Crippen LogP contribution in [-0.4, -0.2) is 40.1 Å². The van der Waals surface area contributed by atoms with Crippen molar-refractivity contribution in [2.75, 3.05) is 12.0 Å². The molecule has 0 radical (unpaired) electrons. The first-order valence-corrected chi connectivity index (χ1v) is 9.96. The molecule has 0 N–H and O–H groups in total. The number of carbonyl (C=O) groups is 2. The molecule has 2 aromatic heterocycles. The molecule has 172 valence electrons. The highest BCUT2D eigenvalue weighted by molar-refractivity contribution is 6.37. The first-order valence-electron chi connectivity index (χ1n) is 9.96. The van der Waals surface area contributed by atoms with Crippen molar-refractivity contribution in [3.63, 3.8) is 0 Å². The number of carbonyl (C=O) groups excluding carboxylic acids is 2. The minimum Gasteiger partial charge on any atom is -0.495 e. The van der Waals surface area contributed by atoms with Gasteiger partial charge in [-0.2, -0.15) is 5.10 Å². The molecule has 2 amide bonds. The predicted molar refractivity (Wildman–Crippen MR) is 114 cm³/mol. The van der Waals surface area contributed by atoms with Gasteiger partial charge in [-0.1, -0.05) is 12.1 Å². The highest BCUT2D eigenvalue weighted by Gasteiger charge is 2.41. The van der Waals surface area contributed by atoms with E-state index in [-0.39, 0.29) is 22.5 Å². The molecule has 1 aliphatic heterocycles. The summed E-state index contributed by atoms with van der Waals surface area (Å²) in [5.41, 5.74) is 1.69. The number of rotatable bonds is 4. The third-order valence-corrected chi connectivity index (χ3v) is 5.36. The van der Waals surface area contributed by atoms with Gasteiger partial charge in [0.25, 0.3) is 11.8 Å². The quantitative estimate of drug-likeness (QED) is 0.412. The van der Waals surface area contributed by atoms with Crippen molar-refractivity contribution in [1.82, 2.24) is 14.8 Å². The number of aryl methyl sites for hydroxylation is 1. The van der Waals surface area contributed by atoms with Gasteiger partial charge in [0.2, 0.25) is 0 Å². The number of anilines is 1. The zero-order valence-corrected chi connectivity index (χ0v) is 17.8. The first kappa shape index (κ1) is 21.4. The van der Waals surface area contributed by atoms with Crippen LogP contribution in [0.15, 0.2) is 54.7 Å². The number of para-hydroxylation sites is 2. The number of imide groups is 1. The lowest BCUT2D eigenvalue weighted by Crippen LogP contribution is -2.29. The van der Waals surface area contributed by atoms with E-state index in [1.54, 1.807) is 31.2 Å². The molecule has 0 unspecified atom stereocenters. The van der Waals surface area contributed by atoms with Crippen LogP contribution in [-0.2, 0) is 0 Å². The molecule has 0 saturated carbocycles. The average molecular weight is 468 g/mol. The van der Waals surface area contributed by atoms with Crippen LogP contribution in [0.4, 0.5) is 18.9 Å². The van der Waals surface area contributed by atoms with Crippen LogP contribution in [0.5, 0.6) is 11.5 Å². The fourth-order valence-electron chi connectivity index (χ4n) is 3.96. The van der Waals surface area contributed by atoms with E-state index in [0.29, 0.717) is 28.2 Å². The van der Waals surface area contributed by atoms with Crippen molar-refractivity contribution < 1.29 is 32.2 Å².